The number of hydrogen-bond donors (Lipinski definition) is 2. The van der Waals surface area contributed by atoms with E-state index in [0.29, 0.717) is 16.7 Å². The van der Waals surface area contributed by atoms with Gasteiger partial charge < -0.3 is 14.8 Å². The Kier molecular flexibility index (Phi) is 9.56. The molecule has 0 aliphatic heterocycles. The SMILES string of the molecule is Cc1cc(C)cc(C(=O)Oc2ccc(C(CNC(C)(C)C)CS(=O)(=O)O)cc2OC(=O)c2cc(C)cc(C)c2)c1. The monoisotopic (exact) mass is 567 g/mol. The van der Waals surface area contributed by atoms with E-state index < -0.39 is 33.7 Å². The zero-order valence-corrected chi connectivity index (χ0v) is 24.8. The fraction of sp³-hybridized carbons (Fsp3) is 0.355. The summed E-state index contributed by atoms with van der Waals surface area (Å²) in [6.07, 6.45) is 0. The van der Waals surface area contributed by atoms with Crippen LogP contribution in [0.4, 0.5) is 0 Å². The maximum absolute atomic E-state index is 13.2. The van der Waals surface area contributed by atoms with Gasteiger partial charge in [0.15, 0.2) is 11.5 Å². The van der Waals surface area contributed by atoms with E-state index in [4.69, 9.17) is 9.47 Å². The molecule has 2 N–H and O–H groups in total. The van der Waals surface area contributed by atoms with Gasteiger partial charge in [-0.15, -0.1) is 0 Å². The molecule has 1 unspecified atom stereocenters. The van der Waals surface area contributed by atoms with Gasteiger partial charge in [0.1, 0.15) is 0 Å². The summed E-state index contributed by atoms with van der Waals surface area (Å²) in [6.45, 7) is 13.5. The van der Waals surface area contributed by atoms with Crippen LogP contribution in [0.3, 0.4) is 0 Å². The highest BCUT2D eigenvalue weighted by Crippen LogP contribution is 2.33. The Morgan fingerprint density at radius 2 is 1.23 bits per heavy atom. The average Bonchev–Trinajstić information content (AvgIpc) is 2.80. The number of carbonyl (C=O) groups is 2. The molecule has 40 heavy (non-hydrogen) atoms. The second-order valence-electron chi connectivity index (χ2n) is 11.3. The third kappa shape index (κ3) is 9.29. The molecule has 0 aliphatic rings. The molecule has 8 nitrogen and oxygen atoms in total. The summed E-state index contributed by atoms with van der Waals surface area (Å²) in [5.74, 6) is -2.58. The third-order valence-electron chi connectivity index (χ3n) is 6.05. The molecule has 0 heterocycles. The first-order chi connectivity index (χ1) is 18.5. The number of aryl methyl sites for hydroxylation is 4. The molecule has 214 valence electrons. The maximum Gasteiger partial charge on any atom is 0.343 e. The number of esters is 2. The summed E-state index contributed by atoms with van der Waals surface area (Å²) in [7, 11) is -4.33. The van der Waals surface area contributed by atoms with Crippen LogP contribution in [0.15, 0.2) is 54.6 Å². The molecule has 0 radical (unpaired) electrons. The molecular formula is C31H37NO7S. The Morgan fingerprint density at radius 3 is 1.65 bits per heavy atom. The van der Waals surface area contributed by atoms with E-state index in [-0.39, 0.29) is 23.6 Å². The van der Waals surface area contributed by atoms with Gasteiger partial charge in [-0.2, -0.15) is 8.42 Å². The van der Waals surface area contributed by atoms with Crippen LogP contribution in [0.25, 0.3) is 0 Å². The summed E-state index contributed by atoms with van der Waals surface area (Å²) in [5.41, 5.74) is 4.35. The molecule has 3 aromatic carbocycles. The number of nitrogens with one attached hydrogen (secondary N) is 1. The van der Waals surface area contributed by atoms with E-state index in [9.17, 15) is 22.6 Å². The van der Waals surface area contributed by atoms with Crippen LogP contribution in [-0.4, -0.2) is 42.7 Å². The van der Waals surface area contributed by atoms with Gasteiger partial charge in [-0.3, -0.25) is 4.55 Å². The van der Waals surface area contributed by atoms with Crippen molar-refractivity contribution in [3.8, 4) is 11.5 Å². The maximum atomic E-state index is 13.2. The van der Waals surface area contributed by atoms with Crippen molar-refractivity contribution in [2.24, 2.45) is 0 Å². The zero-order valence-electron chi connectivity index (χ0n) is 24.0. The van der Waals surface area contributed by atoms with Crippen molar-refractivity contribution in [2.75, 3.05) is 12.3 Å². The van der Waals surface area contributed by atoms with Crippen molar-refractivity contribution in [1.29, 1.82) is 0 Å². The number of ether oxygens (including phenoxy) is 2. The minimum atomic E-state index is -4.33. The van der Waals surface area contributed by atoms with Crippen molar-refractivity contribution in [2.45, 2.75) is 59.9 Å². The molecule has 0 fully saturated rings. The first-order valence-electron chi connectivity index (χ1n) is 12.9. The van der Waals surface area contributed by atoms with Crippen LogP contribution >= 0.6 is 0 Å². The second-order valence-corrected chi connectivity index (χ2v) is 12.8. The van der Waals surface area contributed by atoms with Gasteiger partial charge in [0.2, 0.25) is 0 Å². The lowest BCUT2D eigenvalue weighted by molar-refractivity contribution is 0.0682. The van der Waals surface area contributed by atoms with Crippen LogP contribution in [0.2, 0.25) is 0 Å². The van der Waals surface area contributed by atoms with Crippen LogP contribution in [0.1, 0.15) is 75.2 Å². The highest BCUT2D eigenvalue weighted by molar-refractivity contribution is 7.85. The minimum Gasteiger partial charge on any atom is -0.419 e. The lowest BCUT2D eigenvalue weighted by atomic mass is 9.98. The summed E-state index contributed by atoms with van der Waals surface area (Å²) in [6, 6.07) is 15.2. The number of benzene rings is 3. The topological polar surface area (TPSA) is 119 Å². The molecule has 3 rings (SSSR count). The van der Waals surface area contributed by atoms with E-state index >= 15 is 0 Å². The zero-order chi connectivity index (χ0) is 29.8. The molecule has 0 spiro atoms. The van der Waals surface area contributed by atoms with Gasteiger partial charge in [0.25, 0.3) is 10.1 Å². The normalized spacial score (nSPS) is 12.6. The van der Waals surface area contributed by atoms with Gasteiger partial charge in [0, 0.05) is 18.0 Å². The fourth-order valence-corrected chi connectivity index (χ4v) is 5.22. The predicted molar refractivity (Wildman–Crippen MR) is 155 cm³/mol. The van der Waals surface area contributed by atoms with Crippen LogP contribution < -0.4 is 14.8 Å². The van der Waals surface area contributed by atoms with Gasteiger partial charge in [0.05, 0.1) is 16.9 Å². The molecule has 3 aromatic rings. The van der Waals surface area contributed by atoms with Gasteiger partial charge in [-0.05, 0) is 90.4 Å². The summed E-state index contributed by atoms with van der Waals surface area (Å²) in [5, 5.41) is 3.25. The quantitative estimate of drug-likeness (QED) is 0.192. The largest absolute Gasteiger partial charge is 0.419 e. The molecule has 0 amide bonds. The van der Waals surface area contributed by atoms with Gasteiger partial charge in [-0.1, -0.05) is 40.5 Å². The standard InChI is InChI=1S/C31H37NO7S/c1-19-10-20(2)13-24(12-19)29(33)38-27-9-8-23(26(18-40(35,36)37)17-32-31(5,6)7)16-28(27)39-30(34)25-14-21(3)11-22(4)15-25/h8-16,26,32H,17-18H2,1-7H3,(H,35,36,37). The summed E-state index contributed by atoms with van der Waals surface area (Å²) >= 11 is 0. The van der Waals surface area contributed by atoms with Gasteiger partial charge >= 0.3 is 11.9 Å². The van der Waals surface area contributed by atoms with E-state index in [1.165, 1.54) is 12.1 Å². The number of rotatable bonds is 9. The first-order valence-corrected chi connectivity index (χ1v) is 14.5. The van der Waals surface area contributed by atoms with Crippen LogP contribution in [0.5, 0.6) is 11.5 Å². The Labute approximate surface area is 236 Å². The Hall–Kier alpha value is -3.53. The average molecular weight is 568 g/mol. The molecule has 1 atom stereocenters. The molecule has 9 heteroatoms. The van der Waals surface area contributed by atoms with Crippen LogP contribution in [-0.2, 0) is 10.1 Å². The highest BCUT2D eigenvalue weighted by Gasteiger charge is 2.25. The third-order valence-corrected chi connectivity index (χ3v) is 6.87. The Morgan fingerprint density at radius 1 is 0.775 bits per heavy atom. The van der Waals surface area contributed by atoms with E-state index in [0.717, 1.165) is 22.3 Å². The number of carbonyl (C=O) groups excluding carboxylic acids is 2. The lowest BCUT2D eigenvalue weighted by Gasteiger charge is -2.25. The molecule has 0 saturated heterocycles. The van der Waals surface area contributed by atoms with E-state index in [2.05, 4.69) is 5.32 Å². The first kappa shape index (κ1) is 31.0. The fourth-order valence-electron chi connectivity index (χ4n) is 4.40. The minimum absolute atomic E-state index is 0.0000189. The molecule has 0 aliphatic carbocycles. The molecule has 0 saturated carbocycles. The second kappa shape index (κ2) is 12.3. The Balaban J connectivity index is 2.04. The highest BCUT2D eigenvalue weighted by atomic mass is 32.2. The van der Waals surface area contributed by atoms with Crippen molar-refractivity contribution < 1.29 is 32.0 Å². The summed E-state index contributed by atoms with van der Waals surface area (Å²) < 4.78 is 44.7. The molecular weight excluding hydrogens is 530 g/mol. The molecule has 0 bridgehead atoms. The smallest absolute Gasteiger partial charge is 0.343 e. The summed E-state index contributed by atoms with van der Waals surface area (Å²) in [4.78, 5) is 26.2. The van der Waals surface area contributed by atoms with Crippen molar-refractivity contribution >= 4 is 22.1 Å². The van der Waals surface area contributed by atoms with E-state index in [1.54, 1.807) is 30.3 Å². The van der Waals surface area contributed by atoms with Crippen molar-refractivity contribution in [3.05, 3.63) is 93.5 Å². The van der Waals surface area contributed by atoms with Crippen LogP contribution in [0, 0.1) is 27.7 Å². The van der Waals surface area contributed by atoms with Gasteiger partial charge in [-0.25, -0.2) is 9.59 Å². The number of hydrogen-bond acceptors (Lipinski definition) is 7. The van der Waals surface area contributed by atoms with Crippen molar-refractivity contribution in [3.63, 3.8) is 0 Å². The lowest BCUT2D eigenvalue weighted by Crippen LogP contribution is -2.39. The van der Waals surface area contributed by atoms with E-state index in [1.807, 2.05) is 60.6 Å². The molecule has 0 aromatic heterocycles. The Bertz CT molecular complexity index is 1480. The van der Waals surface area contributed by atoms with Crippen molar-refractivity contribution in [1.82, 2.24) is 5.32 Å². The predicted octanol–water partition coefficient (Wildman–Crippen LogP) is 5.72.